The quantitative estimate of drug-likeness (QED) is 0.760. The summed E-state index contributed by atoms with van der Waals surface area (Å²) >= 11 is 0. The van der Waals surface area contributed by atoms with Gasteiger partial charge >= 0.3 is 0 Å². The van der Waals surface area contributed by atoms with Gasteiger partial charge in [-0.1, -0.05) is 42.0 Å². The van der Waals surface area contributed by atoms with E-state index in [9.17, 15) is 5.11 Å². The Morgan fingerprint density at radius 2 is 1.63 bits per heavy atom. The number of hydrogen-bond donors (Lipinski definition) is 1. The smallest absolute Gasteiger partial charge is 0.123 e. The number of aryl methyl sites for hydroxylation is 1. The lowest BCUT2D eigenvalue weighted by Crippen LogP contribution is -2.03. The Balaban J connectivity index is 2.01. The molecule has 3 heteroatoms. The number of benzene rings is 2. The number of rotatable bonds is 2. The minimum atomic E-state index is -0.738. The van der Waals surface area contributed by atoms with Crippen molar-refractivity contribution in [1.29, 1.82) is 0 Å². The number of para-hydroxylation sites is 2. The largest absolute Gasteiger partial charge is 0.382 e. The number of nitrogens with zero attached hydrogens (tertiary/aromatic N) is 2. The van der Waals surface area contributed by atoms with E-state index in [1.54, 1.807) is 6.20 Å². The van der Waals surface area contributed by atoms with E-state index in [2.05, 4.69) is 9.97 Å². The maximum absolute atomic E-state index is 10.3. The van der Waals surface area contributed by atoms with Crippen LogP contribution in [-0.4, -0.2) is 15.1 Å². The summed E-state index contributed by atoms with van der Waals surface area (Å²) in [6.07, 6.45) is 0.894. The van der Waals surface area contributed by atoms with Gasteiger partial charge in [0, 0.05) is 0 Å². The van der Waals surface area contributed by atoms with Crippen LogP contribution in [0.4, 0.5) is 0 Å². The monoisotopic (exact) mass is 250 g/mol. The number of fused-ring (bicyclic) bond motifs is 1. The predicted molar refractivity (Wildman–Crippen MR) is 74.8 cm³/mol. The summed E-state index contributed by atoms with van der Waals surface area (Å²) in [7, 11) is 0. The van der Waals surface area contributed by atoms with E-state index >= 15 is 0 Å². The van der Waals surface area contributed by atoms with E-state index in [1.807, 2.05) is 55.5 Å². The zero-order chi connectivity index (χ0) is 13.2. The van der Waals surface area contributed by atoms with Crippen LogP contribution in [0.1, 0.15) is 22.9 Å². The van der Waals surface area contributed by atoms with Crippen molar-refractivity contribution in [3.8, 4) is 0 Å². The molecule has 0 aliphatic heterocycles. The average Bonchev–Trinajstić information content (AvgIpc) is 2.47. The van der Waals surface area contributed by atoms with Crippen LogP contribution in [-0.2, 0) is 0 Å². The normalized spacial score (nSPS) is 12.5. The number of aromatic nitrogens is 2. The molecule has 3 rings (SSSR count). The van der Waals surface area contributed by atoms with Crippen molar-refractivity contribution >= 4 is 11.0 Å². The van der Waals surface area contributed by atoms with Crippen LogP contribution in [0.15, 0.2) is 54.7 Å². The molecule has 1 heterocycles. The van der Waals surface area contributed by atoms with Gasteiger partial charge in [-0.3, -0.25) is 4.98 Å². The lowest BCUT2D eigenvalue weighted by molar-refractivity contribution is 0.215. The number of aliphatic hydroxyl groups is 1. The van der Waals surface area contributed by atoms with Crippen LogP contribution in [0.2, 0.25) is 0 Å². The first kappa shape index (κ1) is 11.8. The molecule has 1 unspecified atom stereocenters. The summed E-state index contributed by atoms with van der Waals surface area (Å²) in [6.45, 7) is 2.02. The minimum Gasteiger partial charge on any atom is -0.382 e. The molecule has 1 atom stereocenters. The lowest BCUT2D eigenvalue weighted by atomic mass is 10.1. The van der Waals surface area contributed by atoms with Crippen LogP contribution >= 0.6 is 0 Å². The molecule has 0 amide bonds. The van der Waals surface area contributed by atoms with Crippen LogP contribution in [0.5, 0.6) is 0 Å². The average molecular weight is 250 g/mol. The molecule has 0 radical (unpaired) electrons. The highest BCUT2D eigenvalue weighted by Crippen LogP contribution is 2.21. The molecule has 0 bridgehead atoms. The summed E-state index contributed by atoms with van der Waals surface area (Å²) < 4.78 is 0. The fraction of sp³-hybridized carbons (Fsp3) is 0.125. The highest BCUT2D eigenvalue weighted by Gasteiger charge is 2.12. The van der Waals surface area contributed by atoms with E-state index in [0.29, 0.717) is 5.69 Å². The molecule has 0 saturated heterocycles. The van der Waals surface area contributed by atoms with Gasteiger partial charge in [-0.2, -0.15) is 0 Å². The summed E-state index contributed by atoms with van der Waals surface area (Å²) in [5, 5.41) is 10.3. The molecule has 0 spiro atoms. The fourth-order valence-electron chi connectivity index (χ4n) is 2.02. The summed E-state index contributed by atoms with van der Waals surface area (Å²) in [4.78, 5) is 8.78. The lowest BCUT2D eigenvalue weighted by Gasteiger charge is -2.11. The van der Waals surface area contributed by atoms with Crippen molar-refractivity contribution in [1.82, 2.24) is 9.97 Å². The van der Waals surface area contributed by atoms with Gasteiger partial charge in [-0.05, 0) is 24.6 Å². The van der Waals surface area contributed by atoms with Crippen molar-refractivity contribution in [3.63, 3.8) is 0 Å². The Labute approximate surface area is 111 Å². The van der Waals surface area contributed by atoms with Gasteiger partial charge in [0.25, 0.3) is 0 Å². The van der Waals surface area contributed by atoms with Gasteiger partial charge in [0.1, 0.15) is 6.10 Å². The Morgan fingerprint density at radius 3 is 2.37 bits per heavy atom. The first-order valence-corrected chi connectivity index (χ1v) is 6.20. The van der Waals surface area contributed by atoms with Gasteiger partial charge < -0.3 is 5.11 Å². The number of aliphatic hydroxyl groups excluding tert-OH is 1. The Kier molecular flexibility index (Phi) is 2.97. The molecule has 0 aliphatic carbocycles. The third-order valence-electron chi connectivity index (χ3n) is 3.14. The van der Waals surface area contributed by atoms with Crippen molar-refractivity contribution in [3.05, 3.63) is 71.5 Å². The number of hydrogen-bond acceptors (Lipinski definition) is 3. The van der Waals surface area contributed by atoms with E-state index < -0.39 is 6.10 Å². The molecule has 1 aromatic heterocycles. The zero-order valence-corrected chi connectivity index (χ0v) is 10.6. The molecule has 3 aromatic rings. The Morgan fingerprint density at radius 1 is 0.947 bits per heavy atom. The van der Waals surface area contributed by atoms with Crippen molar-refractivity contribution < 1.29 is 5.11 Å². The first-order valence-electron chi connectivity index (χ1n) is 6.20. The van der Waals surface area contributed by atoms with Crippen molar-refractivity contribution in [2.75, 3.05) is 0 Å². The van der Waals surface area contributed by atoms with Crippen molar-refractivity contribution in [2.45, 2.75) is 13.0 Å². The zero-order valence-electron chi connectivity index (χ0n) is 10.6. The van der Waals surface area contributed by atoms with Gasteiger partial charge in [0.15, 0.2) is 0 Å². The van der Waals surface area contributed by atoms with Crippen molar-refractivity contribution in [2.24, 2.45) is 0 Å². The second-order valence-corrected chi connectivity index (χ2v) is 4.60. The van der Waals surface area contributed by atoms with Crippen LogP contribution in [0, 0.1) is 6.92 Å². The van der Waals surface area contributed by atoms with Gasteiger partial charge in [0.2, 0.25) is 0 Å². The van der Waals surface area contributed by atoms with E-state index in [1.165, 1.54) is 5.56 Å². The van der Waals surface area contributed by atoms with E-state index in [0.717, 1.165) is 16.6 Å². The minimum absolute atomic E-state index is 0.572. The predicted octanol–water partition coefficient (Wildman–Crippen LogP) is 3.02. The first-order chi connectivity index (χ1) is 9.24. The fourth-order valence-corrected chi connectivity index (χ4v) is 2.02. The van der Waals surface area contributed by atoms with Gasteiger partial charge in [0.05, 0.1) is 22.9 Å². The van der Waals surface area contributed by atoms with E-state index in [4.69, 9.17) is 0 Å². The molecule has 1 N–H and O–H groups in total. The molecule has 3 nitrogen and oxygen atoms in total. The molecule has 0 fully saturated rings. The van der Waals surface area contributed by atoms with Gasteiger partial charge in [-0.15, -0.1) is 0 Å². The van der Waals surface area contributed by atoms with Gasteiger partial charge in [-0.25, -0.2) is 4.98 Å². The molecule has 0 saturated carbocycles. The Bertz CT molecular complexity index is 707. The highest BCUT2D eigenvalue weighted by molar-refractivity contribution is 5.73. The van der Waals surface area contributed by atoms with Crippen LogP contribution in [0.3, 0.4) is 0 Å². The summed E-state index contributed by atoms with van der Waals surface area (Å²) in [5.41, 5.74) is 4.20. The third kappa shape index (κ3) is 2.33. The summed E-state index contributed by atoms with van der Waals surface area (Å²) in [6, 6.07) is 15.4. The molecule has 2 aromatic carbocycles. The third-order valence-corrected chi connectivity index (χ3v) is 3.14. The molecule has 19 heavy (non-hydrogen) atoms. The second kappa shape index (κ2) is 4.78. The SMILES string of the molecule is Cc1ccc(C(O)c2cnc3ccccc3n2)cc1. The molecular weight excluding hydrogens is 236 g/mol. The standard InChI is InChI=1S/C16H14N2O/c1-11-6-8-12(9-7-11)16(19)15-10-17-13-4-2-3-5-14(13)18-15/h2-10,16,19H,1H3. The maximum Gasteiger partial charge on any atom is 0.123 e. The molecule has 94 valence electrons. The summed E-state index contributed by atoms with van der Waals surface area (Å²) in [5.74, 6) is 0. The second-order valence-electron chi connectivity index (χ2n) is 4.60. The molecule has 0 aliphatic rings. The van der Waals surface area contributed by atoms with Crippen LogP contribution < -0.4 is 0 Å². The topological polar surface area (TPSA) is 46.0 Å². The Hall–Kier alpha value is -2.26. The molecular formula is C16H14N2O. The van der Waals surface area contributed by atoms with E-state index in [-0.39, 0.29) is 0 Å². The highest BCUT2D eigenvalue weighted by atomic mass is 16.3. The van der Waals surface area contributed by atoms with Crippen LogP contribution in [0.25, 0.3) is 11.0 Å². The maximum atomic E-state index is 10.3.